The van der Waals surface area contributed by atoms with Gasteiger partial charge in [-0.25, -0.2) is 4.98 Å². The van der Waals surface area contributed by atoms with Crippen LogP contribution in [-0.4, -0.2) is 53.5 Å². The van der Waals surface area contributed by atoms with Crippen LogP contribution in [0.3, 0.4) is 0 Å². The number of nitrogens with zero attached hydrogens (tertiary/aromatic N) is 2. The maximum absolute atomic E-state index is 11.9. The first-order valence-corrected chi connectivity index (χ1v) is 8.49. The molecular formula is C12H20N4OS2. The average molecular weight is 300 g/mol. The summed E-state index contributed by atoms with van der Waals surface area (Å²) < 4.78 is 0. The lowest BCUT2D eigenvalue weighted by molar-refractivity contribution is 0.0944. The molecule has 1 aromatic rings. The number of nitrogens with two attached hydrogens (primary N) is 1. The van der Waals surface area contributed by atoms with E-state index in [-0.39, 0.29) is 11.9 Å². The van der Waals surface area contributed by atoms with Gasteiger partial charge in [0.05, 0.1) is 6.04 Å². The summed E-state index contributed by atoms with van der Waals surface area (Å²) in [7, 11) is 0. The minimum atomic E-state index is -0.114. The van der Waals surface area contributed by atoms with Gasteiger partial charge < -0.3 is 11.1 Å². The molecule has 1 amide bonds. The first-order valence-electron chi connectivity index (χ1n) is 6.46. The summed E-state index contributed by atoms with van der Waals surface area (Å²) in [5.41, 5.74) is 6.21. The number of thiazole rings is 1. The highest BCUT2D eigenvalue weighted by molar-refractivity contribution is 7.99. The molecule has 0 saturated carbocycles. The van der Waals surface area contributed by atoms with Crippen molar-refractivity contribution in [2.45, 2.75) is 13.0 Å². The number of thioether (sulfide) groups is 1. The molecule has 3 N–H and O–H groups in total. The van der Waals surface area contributed by atoms with Crippen LogP contribution in [0, 0.1) is 0 Å². The molecule has 1 atom stereocenters. The molecule has 0 spiro atoms. The molecule has 1 unspecified atom stereocenters. The predicted molar refractivity (Wildman–Crippen MR) is 80.8 cm³/mol. The van der Waals surface area contributed by atoms with E-state index in [1.165, 1.54) is 22.8 Å². The van der Waals surface area contributed by atoms with Crippen LogP contribution in [0.5, 0.6) is 0 Å². The molecule has 1 saturated heterocycles. The molecule has 106 valence electrons. The summed E-state index contributed by atoms with van der Waals surface area (Å²) in [4.78, 5) is 18.5. The molecule has 0 bridgehead atoms. The number of amides is 1. The Balaban J connectivity index is 1.74. The molecule has 1 aliphatic heterocycles. The van der Waals surface area contributed by atoms with Crippen LogP contribution in [-0.2, 0) is 0 Å². The minimum Gasteiger partial charge on any atom is -0.349 e. The summed E-state index contributed by atoms with van der Waals surface area (Å²) in [6, 6.07) is -0.114. The highest BCUT2D eigenvalue weighted by Gasteiger charge is 2.13. The van der Waals surface area contributed by atoms with Crippen molar-refractivity contribution in [1.82, 2.24) is 15.2 Å². The standard InChI is InChI=1S/C12H20N4OS2/c1-9(13)12-15-10(8-19-12)11(17)14-2-3-16-4-6-18-7-5-16/h8-9H,2-7,13H2,1H3,(H,14,17). The molecule has 1 fully saturated rings. The van der Waals surface area contributed by atoms with Crippen molar-refractivity contribution in [2.24, 2.45) is 5.73 Å². The van der Waals surface area contributed by atoms with Crippen LogP contribution in [0.15, 0.2) is 5.38 Å². The van der Waals surface area contributed by atoms with Crippen LogP contribution < -0.4 is 11.1 Å². The molecule has 0 aromatic carbocycles. The Morgan fingerprint density at radius 1 is 1.58 bits per heavy atom. The molecule has 7 heteroatoms. The molecule has 5 nitrogen and oxygen atoms in total. The third kappa shape index (κ3) is 4.45. The van der Waals surface area contributed by atoms with Gasteiger partial charge in [0, 0.05) is 43.1 Å². The summed E-state index contributed by atoms with van der Waals surface area (Å²) in [5.74, 6) is 2.28. The largest absolute Gasteiger partial charge is 0.349 e. The second-order valence-electron chi connectivity index (χ2n) is 4.57. The number of rotatable bonds is 5. The smallest absolute Gasteiger partial charge is 0.270 e. The summed E-state index contributed by atoms with van der Waals surface area (Å²) in [6.07, 6.45) is 0. The second-order valence-corrected chi connectivity index (χ2v) is 6.68. The zero-order chi connectivity index (χ0) is 13.7. The van der Waals surface area contributed by atoms with Crippen molar-refractivity contribution in [3.63, 3.8) is 0 Å². The first-order chi connectivity index (χ1) is 9.16. The van der Waals surface area contributed by atoms with Gasteiger partial charge >= 0.3 is 0 Å². The maximum atomic E-state index is 11.9. The van der Waals surface area contributed by atoms with Crippen LogP contribution in [0.1, 0.15) is 28.5 Å². The fraction of sp³-hybridized carbons (Fsp3) is 0.667. The SMILES string of the molecule is CC(N)c1nc(C(=O)NCCN2CCSCC2)cs1. The van der Waals surface area contributed by atoms with E-state index in [1.807, 2.05) is 18.7 Å². The van der Waals surface area contributed by atoms with Crippen LogP contribution in [0.2, 0.25) is 0 Å². The number of carbonyl (C=O) groups excluding carboxylic acids is 1. The van der Waals surface area contributed by atoms with E-state index >= 15 is 0 Å². The van der Waals surface area contributed by atoms with Gasteiger partial charge in [-0.3, -0.25) is 9.69 Å². The van der Waals surface area contributed by atoms with E-state index in [0.717, 1.165) is 24.6 Å². The third-order valence-electron chi connectivity index (χ3n) is 2.96. The Hall–Kier alpha value is -0.630. The van der Waals surface area contributed by atoms with Crippen molar-refractivity contribution in [3.05, 3.63) is 16.1 Å². The van der Waals surface area contributed by atoms with Gasteiger partial charge in [0.25, 0.3) is 5.91 Å². The zero-order valence-corrected chi connectivity index (χ0v) is 12.7. The summed E-state index contributed by atoms with van der Waals surface area (Å²) >= 11 is 3.43. The van der Waals surface area contributed by atoms with Crippen LogP contribution in [0.4, 0.5) is 0 Å². The van der Waals surface area contributed by atoms with Gasteiger partial charge in [0.1, 0.15) is 10.7 Å². The molecular weight excluding hydrogens is 280 g/mol. The maximum Gasteiger partial charge on any atom is 0.270 e. The molecule has 2 heterocycles. The number of aromatic nitrogens is 1. The van der Waals surface area contributed by atoms with E-state index in [2.05, 4.69) is 15.2 Å². The molecule has 2 rings (SSSR count). The first kappa shape index (κ1) is 14.8. The van der Waals surface area contributed by atoms with Crippen molar-refractivity contribution < 1.29 is 4.79 Å². The third-order valence-corrected chi connectivity index (χ3v) is 4.95. The van der Waals surface area contributed by atoms with Crippen molar-refractivity contribution in [2.75, 3.05) is 37.7 Å². The number of hydrogen-bond acceptors (Lipinski definition) is 6. The van der Waals surface area contributed by atoms with Crippen LogP contribution >= 0.6 is 23.1 Å². The Kier molecular flexibility index (Phi) is 5.62. The predicted octanol–water partition coefficient (Wildman–Crippen LogP) is 0.941. The highest BCUT2D eigenvalue weighted by Crippen LogP contribution is 2.15. The van der Waals surface area contributed by atoms with Crippen LogP contribution in [0.25, 0.3) is 0 Å². The Morgan fingerprint density at radius 2 is 2.32 bits per heavy atom. The van der Waals surface area contributed by atoms with E-state index in [0.29, 0.717) is 12.2 Å². The topological polar surface area (TPSA) is 71.2 Å². The van der Waals surface area contributed by atoms with Gasteiger partial charge in [-0.1, -0.05) is 0 Å². The quantitative estimate of drug-likeness (QED) is 0.847. The Labute approximate surface area is 122 Å². The van der Waals surface area contributed by atoms with Crippen molar-refractivity contribution in [1.29, 1.82) is 0 Å². The van der Waals surface area contributed by atoms with Gasteiger partial charge in [-0.15, -0.1) is 11.3 Å². The number of carbonyl (C=O) groups is 1. The van der Waals surface area contributed by atoms with Gasteiger partial charge in [-0.2, -0.15) is 11.8 Å². The molecule has 1 aromatic heterocycles. The molecule has 0 aliphatic carbocycles. The Bertz CT molecular complexity index is 416. The van der Waals surface area contributed by atoms with E-state index < -0.39 is 0 Å². The Morgan fingerprint density at radius 3 is 2.95 bits per heavy atom. The zero-order valence-electron chi connectivity index (χ0n) is 11.1. The van der Waals surface area contributed by atoms with Gasteiger partial charge in [-0.05, 0) is 6.92 Å². The van der Waals surface area contributed by atoms with Crippen molar-refractivity contribution in [3.8, 4) is 0 Å². The lowest BCUT2D eigenvalue weighted by Gasteiger charge is -2.25. The normalized spacial score (nSPS) is 18.2. The van der Waals surface area contributed by atoms with Gasteiger partial charge in [0.2, 0.25) is 0 Å². The second kappa shape index (κ2) is 7.23. The molecule has 1 aliphatic rings. The monoisotopic (exact) mass is 300 g/mol. The van der Waals surface area contributed by atoms with E-state index in [9.17, 15) is 4.79 Å². The summed E-state index contributed by atoms with van der Waals surface area (Å²) in [6.45, 7) is 5.69. The number of hydrogen-bond donors (Lipinski definition) is 2. The minimum absolute atomic E-state index is 0.102. The fourth-order valence-electron chi connectivity index (χ4n) is 1.84. The molecule has 19 heavy (non-hydrogen) atoms. The van der Waals surface area contributed by atoms with E-state index in [4.69, 9.17) is 5.73 Å². The van der Waals surface area contributed by atoms with Crippen molar-refractivity contribution >= 4 is 29.0 Å². The molecule has 0 radical (unpaired) electrons. The van der Waals surface area contributed by atoms with E-state index in [1.54, 1.807) is 5.38 Å². The summed E-state index contributed by atoms with van der Waals surface area (Å²) in [5, 5.41) is 5.49. The number of nitrogens with one attached hydrogen (secondary N) is 1. The lowest BCUT2D eigenvalue weighted by Crippen LogP contribution is -2.39. The van der Waals surface area contributed by atoms with Gasteiger partial charge in [0.15, 0.2) is 0 Å². The highest BCUT2D eigenvalue weighted by atomic mass is 32.2. The fourth-order valence-corrected chi connectivity index (χ4v) is 3.58. The average Bonchev–Trinajstić information content (AvgIpc) is 2.89. The lowest BCUT2D eigenvalue weighted by atomic mass is 10.4.